The van der Waals surface area contributed by atoms with Crippen LogP contribution in [0.5, 0.6) is 5.75 Å². The summed E-state index contributed by atoms with van der Waals surface area (Å²) >= 11 is 0. The van der Waals surface area contributed by atoms with E-state index in [2.05, 4.69) is 15.3 Å². The Morgan fingerprint density at radius 1 is 1.28 bits per heavy atom. The first-order chi connectivity index (χ1) is 8.72. The van der Waals surface area contributed by atoms with Crippen LogP contribution in [0.4, 0.5) is 11.5 Å². The first-order valence-electron chi connectivity index (χ1n) is 5.39. The molecule has 18 heavy (non-hydrogen) atoms. The Kier molecular flexibility index (Phi) is 3.39. The van der Waals surface area contributed by atoms with Gasteiger partial charge in [0, 0.05) is 6.07 Å². The number of nitrogens with one attached hydrogen (secondary N) is 1. The van der Waals surface area contributed by atoms with Gasteiger partial charge in [0.25, 0.3) is 0 Å². The van der Waals surface area contributed by atoms with Gasteiger partial charge in [-0.2, -0.15) is 5.26 Å². The molecular formula is C13H12N4O. The topological polar surface area (TPSA) is 70.8 Å². The molecule has 2 aromatic rings. The van der Waals surface area contributed by atoms with Crippen molar-refractivity contribution < 1.29 is 4.74 Å². The molecule has 2 rings (SSSR count). The van der Waals surface area contributed by atoms with E-state index in [4.69, 9.17) is 10.00 Å². The predicted octanol–water partition coefficient (Wildman–Crippen LogP) is 2.41. The number of nitrogens with zero attached hydrogens (tertiary/aromatic N) is 3. The molecule has 5 nitrogen and oxygen atoms in total. The highest BCUT2D eigenvalue weighted by atomic mass is 16.5. The molecule has 1 aromatic heterocycles. The lowest BCUT2D eigenvalue weighted by Gasteiger charge is -2.10. The van der Waals surface area contributed by atoms with Crippen LogP contribution in [0.15, 0.2) is 30.3 Å². The monoisotopic (exact) mass is 240 g/mol. The number of hydrogen-bond acceptors (Lipinski definition) is 5. The third-order valence-electron chi connectivity index (χ3n) is 2.32. The molecule has 1 aromatic carbocycles. The Morgan fingerprint density at radius 3 is 2.78 bits per heavy atom. The van der Waals surface area contributed by atoms with Gasteiger partial charge in [-0.1, -0.05) is 12.1 Å². The van der Waals surface area contributed by atoms with E-state index in [9.17, 15) is 0 Å². The van der Waals surface area contributed by atoms with Crippen LogP contribution in [0.3, 0.4) is 0 Å². The molecule has 0 atom stereocenters. The molecule has 0 bridgehead atoms. The van der Waals surface area contributed by atoms with Crippen molar-refractivity contribution in [2.24, 2.45) is 0 Å². The van der Waals surface area contributed by atoms with Gasteiger partial charge < -0.3 is 10.1 Å². The van der Waals surface area contributed by atoms with E-state index < -0.39 is 0 Å². The van der Waals surface area contributed by atoms with Gasteiger partial charge >= 0.3 is 0 Å². The van der Waals surface area contributed by atoms with Crippen molar-refractivity contribution in [2.45, 2.75) is 6.92 Å². The van der Waals surface area contributed by atoms with Crippen molar-refractivity contribution in [3.05, 3.63) is 41.9 Å². The molecule has 0 aliphatic rings. The number of anilines is 2. The summed E-state index contributed by atoms with van der Waals surface area (Å²) in [6.45, 7) is 1.74. The SMILES string of the molecule is COc1ccccc1Nc1cc(C#N)nc(C)n1. The molecule has 0 amide bonds. The number of aryl methyl sites for hydroxylation is 1. The molecule has 0 aliphatic heterocycles. The van der Waals surface area contributed by atoms with Gasteiger partial charge in [0.2, 0.25) is 0 Å². The van der Waals surface area contributed by atoms with Crippen molar-refractivity contribution in [1.82, 2.24) is 9.97 Å². The van der Waals surface area contributed by atoms with Crippen LogP contribution < -0.4 is 10.1 Å². The third kappa shape index (κ3) is 2.55. The quantitative estimate of drug-likeness (QED) is 0.892. The van der Waals surface area contributed by atoms with Crippen LogP contribution in [0, 0.1) is 18.3 Å². The Balaban J connectivity index is 2.34. The molecule has 0 saturated carbocycles. The molecule has 0 unspecified atom stereocenters. The number of para-hydroxylation sites is 2. The van der Waals surface area contributed by atoms with E-state index in [1.54, 1.807) is 20.1 Å². The smallest absolute Gasteiger partial charge is 0.146 e. The second-order valence-electron chi connectivity index (χ2n) is 3.62. The van der Waals surface area contributed by atoms with E-state index in [1.165, 1.54) is 0 Å². The van der Waals surface area contributed by atoms with Crippen molar-refractivity contribution in [2.75, 3.05) is 12.4 Å². The maximum atomic E-state index is 8.86. The number of ether oxygens (including phenoxy) is 1. The summed E-state index contributed by atoms with van der Waals surface area (Å²) in [5.74, 6) is 1.84. The number of aromatic nitrogens is 2. The fourth-order valence-electron chi connectivity index (χ4n) is 1.57. The normalized spacial score (nSPS) is 9.61. The number of benzene rings is 1. The van der Waals surface area contributed by atoms with Crippen LogP contribution in [0.1, 0.15) is 11.5 Å². The maximum absolute atomic E-state index is 8.86. The predicted molar refractivity (Wildman–Crippen MR) is 67.8 cm³/mol. The zero-order valence-corrected chi connectivity index (χ0v) is 10.1. The minimum atomic E-state index is 0.333. The second kappa shape index (κ2) is 5.15. The summed E-state index contributed by atoms with van der Waals surface area (Å²) in [4.78, 5) is 8.22. The molecular weight excluding hydrogens is 228 g/mol. The minimum Gasteiger partial charge on any atom is -0.495 e. The van der Waals surface area contributed by atoms with Gasteiger partial charge in [0.1, 0.15) is 29.2 Å². The fraction of sp³-hybridized carbons (Fsp3) is 0.154. The highest BCUT2D eigenvalue weighted by Gasteiger charge is 2.05. The van der Waals surface area contributed by atoms with Gasteiger partial charge in [-0.25, -0.2) is 9.97 Å². The standard InChI is InChI=1S/C13H12N4O/c1-9-15-10(8-14)7-13(16-9)17-11-5-3-4-6-12(11)18-2/h3-7H,1-2H3,(H,15,16,17). The van der Waals surface area contributed by atoms with E-state index in [0.29, 0.717) is 23.1 Å². The van der Waals surface area contributed by atoms with Gasteiger partial charge in [-0.05, 0) is 19.1 Å². The molecule has 0 fully saturated rings. The minimum absolute atomic E-state index is 0.333. The summed E-state index contributed by atoms with van der Waals surface area (Å²) in [5.41, 5.74) is 1.13. The Labute approximate surface area is 105 Å². The van der Waals surface area contributed by atoms with Crippen molar-refractivity contribution in [3.8, 4) is 11.8 Å². The fourth-order valence-corrected chi connectivity index (χ4v) is 1.57. The highest BCUT2D eigenvalue weighted by Crippen LogP contribution is 2.26. The average Bonchev–Trinajstić information content (AvgIpc) is 2.38. The molecule has 1 N–H and O–H groups in total. The van der Waals surface area contributed by atoms with Gasteiger partial charge in [0.15, 0.2) is 0 Å². The first kappa shape index (κ1) is 11.9. The van der Waals surface area contributed by atoms with Crippen molar-refractivity contribution >= 4 is 11.5 Å². The number of methoxy groups -OCH3 is 1. The number of nitriles is 1. The molecule has 0 saturated heterocycles. The van der Waals surface area contributed by atoms with E-state index in [-0.39, 0.29) is 0 Å². The molecule has 1 heterocycles. The lowest BCUT2D eigenvalue weighted by atomic mass is 10.3. The molecule has 0 aliphatic carbocycles. The third-order valence-corrected chi connectivity index (χ3v) is 2.32. The highest BCUT2D eigenvalue weighted by molar-refractivity contribution is 5.64. The van der Waals surface area contributed by atoms with Crippen LogP contribution in [-0.2, 0) is 0 Å². The summed E-state index contributed by atoms with van der Waals surface area (Å²) in [6.07, 6.45) is 0. The Morgan fingerprint density at radius 2 is 2.06 bits per heavy atom. The summed E-state index contributed by atoms with van der Waals surface area (Å²) in [7, 11) is 1.60. The molecule has 0 spiro atoms. The van der Waals surface area contributed by atoms with E-state index >= 15 is 0 Å². The van der Waals surface area contributed by atoms with E-state index in [0.717, 1.165) is 5.69 Å². The molecule has 0 radical (unpaired) electrons. The van der Waals surface area contributed by atoms with Gasteiger partial charge in [0.05, 0.1) is 12.8 Å². The molecule has 5 heteroatoms. The van der Waals surface area contributed by atoms with Crippen molar-refractivity contribution in [3.63, 3.8) is 0 Å². The average molecular weight is 240 g/mol. The van der Waals surface area contributed by atoms with Gasteiger partial charge in [-0.15, -0.1) is 0 Å². The van der Waals surface area contributed by atoms with Crippen LogP contribution >= 0.6 is 0 Å². The molecule has 90 valence electrons. The largest absolute Gasteiger partial charge is 0.495 e. The van der Waals surface area contributed by atoms with Gasteiger partial charge in [-0.3, -0.25) is 0 Å². The second-order valence-corrected chi connectivity index (χ2v) is 3.62. The summed E-state index contributed by atoms with van der Waals surface area (Å²) < 4.78 is 5.23. The maximum Gasteiger partial charge on any atom is 0.146 e. The number of hydrogen-bond donors (Lipinski definition) is 1. The Hall–Kier alpha value is -2.61. The lowest BCUT2D eigenvalue weighted by Crippen LogP contribution is -2.00. The zero-order valence-electron chi connectivity index (χ0n) is 10.1. The van der Waals surface area contributed by atoms with Crippen LogP contribution in [-0.4, -0.2) is 17.1 Å². The van der Waals surface area contributed by atoms with Crippen LogP contribution in [0.2, 0.25) is 0 Å². The first-order valence-corrected chi connectivity index (χ1v) is 5.39. The summed E-state index contributed by atoms with van der Waals surface area (Å²) in [5, 5.41) is 12.0. The lowest BCUT2D eigenvalue weighted by molar-refractivity contribution is 0.417. The Bertz CT molecular complexity index is 604. The number of rotatable bonds is 3. The van der Waals surface area contributed by atoms with Crippen molar-refractivity contribution in [1.29, 1.82) is 5.26 Å². The zero-order chi connectivity index (χ0) is 13.0. The van der Waals surface area contributed by atoms with E-state index in [1.807, 2.05) is 30.3 Å². The van der Waals surface area contributed by atoms with Crippen LogP contribution in [0.25, 0.3) is 0 Å². The summed E-state index contributed by atoms with van der Waals surface area (Å²) in [6, 6.07) is 11.1.